The molecule has 2 unspecified atom stereocenters. The van der Waals surface area contributed by atoms with Crippen LogP contribution >= 0.6 is 0 Å². The number of nitrogens with zero attached hydrogens (tertiary/aromatic N) is 1. The van der Waals surface area contributed by atoms with Crippen LogP contribution in [0, 0.1) is 0 Å². The molecule has 2 atom stereocenters. The highest BCUT2D eigenvalue weighted by Crippen LogP contribution is 2.17. The summed E-state index contributed by atoms with van der Waals surface area (Å²) in [5, 5.41) is 9.72. The van der Waals surface area contributed by atoms with Crippen molar-refractivity contribution in [2.75, 3.05) is 47.5 Å². The second kappa shape index (κ2) is 57.4. The van der Waals surface area contributed by atoms with Gasteiger partial charge in [-0.05, 0) is 77.0 Å². The van der Waals surface area contributed by atoms with Crippen LogP contribution < -0.4 is 0 Å². The van der Waals surface area contributed by atoms with E-state index in [1.165, 1.54) is 212 Å². The molecule has 0 spiro atoms. The number of carbonyl (C=O) groups is 3. The van der Waals surface area contributed by atoms with Gasteiger partial charge in [0.2, 0.25) is 0 Å². The van der Waals surface area contributed by atoms with Crippen LogP contribution in [-0.4, -0.2) is 87.4 Å². The van der Waals surface area contributed by atoms with Gasteiger partial charge in [0.1, 0.15) is 13.2 Å². The van der Waals surface area contributed by atoms with E-state index in [0.29, 0.717) is 17.4 Å². The van der Waals surface area contributed by atoms with Crippen LogP contribution in [0.5, 0.6) is 0 Å². The molecule has 0 aromatic heterocycles. The molecular weight excluding hydrogens is 935 g/mol. The zero-order chi connectivity index (χ0) is 54.8. The first-order chi connectivity index (χ1) is 36.6. The summed E-state index contributed by atoms with van der Waals surface area (Å²) in [6.45, 7) is 4.90. The normalized spacial score (nSPS) is 13.0. The van der Waals surface area contributed by atoms with Gasteiger partial charge >= 0.3 is 17.9 Å². The number of hydrogen-bond donors (Lipinski definition) is 1. The van der Waals surface area contributed by atoms with Gasteiger partial charge in [0.15, 0.2) is 6.10 Å². The highest BCUT2D eigenvalue weighted by Gasteiger charge is 2.25. The highest BCUT2D eigenvalue weighted by molar-refractivity contribution is 5.71. The molecule has 75 heavy (non-hydrogen) atoms. The maximum Gasteiger partial charge on any atom is 0.361 e. The largest absolute Gasteiger partial charge is 0.477 e. The number of quaternary nitrogens is 1. The molecule has 0 rings (SSSR count). The molecule has 438 valence electrons. The number of carboxylic acids is 1. The number of allylic oxidation sites excluding steroid dienone is 8. The van der Waals surface area contributed by atoms with Gasteiger partial charge in [0.25, 0.3) is 6.29 Å². The number of esters is 2. The Morgan fingerprint density at radius 2 is 0.720 bits per heavy atom. The van der Waals surface area contributed by atoms with E-state index in [0.717, 1.165) is 57.8 Å². The van der Waals surface area contributed by atoms with E-state index in [-0.39, 0.29) is 32.2 Å². The lowest BCUT2D eigenvalue weighted by Gasteiger charge is -2.25. The molecule has 9 nitrogen and oxygen atoms in total. The highest BCUT2D eigenvalue weighted by atomic mass is 16.7. The van der Waals surface area contributed by atoms with E-state index in [4.69, 9.17) is 18.9 Å². The van der Waals surface area contributed by atoms with Crippen LogP contribution in [0.15, 0.2) is 48.6 Å². The Morgan fingerprint density at radius 3 is 1.08 bits per heavy atom. The summed E-state index contributed by atoms with van der Waals surface area (Å²) in [6.07, 6.45) is 69.1. The minimum atomic E-state index is -1.51. The number of hydrogen-bond acceptors (Lipinski definition) is 7. The lowest BCUT2D eigenvalue weighted by Crippen LogP contribution is -2.40. The SMILES string of the molecule is CCCCCCC/C=C\C/C=C\C/C=C\CCCCCCCCCCCCC(=O)OC(COC(=O)CCCCCCCCCCCCCCC/C=C\CCCCCCCCCC)COC(OCC[N+](C)(C)C)C(=O)O. The molecular formula is C66H122NO8+. The molecule has 0 aliphatic rings. The monoisotopic (exact) mass is 1060 g/mol. The fourth-order valence-corrected chi connectivity index (χ4v) is 9.14. The third-order valence-corrected chi connectivity index (χ3v) is 14.1. The number of carbonyl (C=O) groups excluding carboxylic acids is 2. The van der Waals surface area contributed by atoms with Gasteiger partial charge in [-0.3, -0.25) is 9.59 Å². The molecule has 0 aliphatic carbocycles. The summed E-state index contributed by atoms with van der Waals surface area (Å²) in [6, 6.07) is 0. The van der Waals surface area contributed by atoms with E-state index in [1.54, 1.807) is 0 Å². The van der Waals surface area contributed by atoms with Crippen LogP contribution in [-0.2, 0) is 33.3 Å². The van der Waals surface area contributed by atoms with Gasteiger partial charge in [0, 0.05) is 12.8 Å². The van der Waals surface area contributed by atoms with Crippen molar-refractivity contribution >= 4 is 17.9 Å². The quantitative estimate of drug-likeness (QED) is 0.0211. The molecule has 0 amide bonds. The smallest absolute Gasteiger partial charge is 0.361 e. The molecule has 0 fully saturated rings. The molecule has 0 saturated heterocycles. The van der Waals surface area contributed by atoms with Gasteiger partial charge in [-0.15, -0.1) is 0 Å². The summed E-state index contributed by atoms with van der Waals surface area (Å²) < 4.78 is 22.9. The van der Waals surface area contributed by atoms with Gasteiger partial charge in [-0.1, -0.05) is 255 Å². The lowest BCUT2D eigenvalue weighted by atomic mass is 10.0. The minimum absolute atomic E-state index is 0.182. The maximum atomic E-state index is 12.9. The van der Waals surface area contributed by atoms with Crippen molar-refractivity contribution in [3.8, 4) is 0 Å². The van der Waals surface area contributed by atoms with Crippen LogP contribution in [0.25, 0.3) is 0 Å². The third-order valence-electron chi connectivity index (χ3n) is 14.1. The molecule has 0 aromatic carbocycles. The van der Waals surface area contributed by atoms with Crippen molar-refractivity contribution in [3.05, 3.63) is 48.6 Å². The summed E-state index contributed by atoms with van der Waals surface area (Å²) in [7, 11) is 5.98. The Labute approximate surface area is 463 Å². The molecule has 0 bridgehead atoms. The molecule has 0 radical (unpaired) electrons. The van der Waals surface area contributed by atoms with Gasteiger partial charge < -0.3 is 28.5 Å². The first-order valence-corrected chi connectivity index (χ1v) is 31.8. The first kappa shape index (κ1) is 72.2. The number of carboxylic acid groups (broad SMARTS) is 1. The Morgan fingerprint density at radius 1 is 0.400 bits per heavy atom. The standard InChI is InChI=1S/C66H121NO8/c1-6-8-10-12-14-16-18-20-22-24-26-28-30-32-34-36-38-40-42-44-46-48-50-52-54-56-63(68)73-60-62(61-74-66(65(70)71)72-59-58-67(3,4)5)75-64(69)57-55-53-51-49-47-45-43-41-39-37-35-33-31-29-27-25-23-21-19-17-15-13-11-9-7-2/h19,21,24-27,31,33,62,66H,6-18,20,22-23,28-30,32,34-61H2,1-5H3/p+1/b21-19-,26-24-,27-25-,33-31-. The molecule has 0 aromatic rings. The molecule has 0 saturated carbocycles. The zero-order valence-electron chi connectivity index (χ0n) is 50.0. The van der Waals surface area contributed by atoms with Crippen LogP contribution in [0.4, 0.5) is 0 Å². The van der Waals surface area contributed by atoms with Crippen molar-refractivity contribution in [1.29, 1.82) is 0 Å². The summed E-state index contributed by atoms with van der Waals surface area (Å²) in [5.41, 5.74) is 0. The van der Waals surface area contributed by atoms with Crippen LogP contribution in [0.2, 0.25) is 0 Å². The molecule has 9 heteroatoms. The summed E-state index contributed by atoms with van der Waals surface area (Å²) in [4.78, 5) is 37.5. The Bertz CT molecular complexity index is 1370. The van der Waals surface area contributed by atoms with Crippen LogP contribution in [0.3, 0.4) is 0 Å². The number of unbranched alkanes of at least 4 members (excludes halogenated alkanes) is 36. The average molecular weight is 1060 g/mol. The van der Waals surface area contributed by atoms with E-state index in [1.807, 2.05) is 21.1 Å². The number of rotatable bonds is 59. The number of aliphatic carboxylic acids is 1. The Hall–Kier alpha value is -2.75. The third kappa shape index (κ3) is 58.8. The van der Waals surface area contributed by atoms with Gasteiger partial charge in [0.05, 0.1) is 34.4 Å². The minimum Gasteiger partial charge on any atom is -0.477 e. The van der Waals surface area contributed by atoms with E-state index in [2.05, 4.69) is 62.5 Å². The van der Waals surface area contributed by atoms with Crippen molar-refractivity contribution in [3.63, 3.8) is 0 Å². The fraction of sp³-hybridized carbons (Fsp3) is 0.833. The van der Waals surface area contributed by atoms with E-state index >= 15 is 0 Å². The average Bonchev–Trinajstić information content (AvgIpc) is 3.38. The number of likely N-dealkylation sites (N-methyl/N-ethyl adjacent to an activating group) is 1. The predicted molar refractivity (Wildman–Crippen MR) is 318 cm³/mol. The van der Waals surface area contributed by atoms with Crippen molar-refractivity contribution in [1.82, 2.24) is 0 Å². The molecule has 0 heterocycles. The Kier molecular flexibility index (Phi) is 55.3. The van der Waals surface area contributed by atoms with Gasteiger partial charge in [-0.25, -0.2) is 4.79 Å². The summed E-state index contributed by atoms with van der Waals surface area (Å²) in [5.74, 6) is -2.00. The van der Waals surface area contributed by atoms with Crippen LogP contribution in [0.1, 0.15) is 296 Å². The molecule has 0 aliphatic heterocycles. The maximum absolute atomic E-state index is 12.9. The Balaban J connectivity index is 4.19. The second-order valence-electron chi connectivity index (χ2n) is 22.7. The topological polar surface area (TPSA) is 108 Å². The first-order valence-electron chi connectivity index (χ1n) is 31.8. The van der Waals surface area contributed by atoms with E-state index < -0.39 is 24.3 Å². The lowest BCUT2D eigenvalue weighted by molar-refractivity contribution is -0.870. The predicted octanol–water partition coefficient (Wildman–Crippen LogP) is 19.0. The van der Waals surface area contributed by atoms with Crippen molar-refractivity contribution in [2.24, 2.45) is 0 Å². The molecule has 1 N–H and O–H groups in total. The van der Waals surface area contributed by atoms with Crippen molar-refractivity contribution in [2.45, 2.75) is 309 Å². The number of ether oxygens (including phenoxy) is 4. The van der Waals surface area contributed by atoms with Crippen molar-refractivity contribution < 1.29 is 42.9 Å². The van der Waals surface area contributed by atoms with Gasteiger partial charge in [-0.2, -0.15) is 0 Å². The summed E-state index contributed by atoms with van der Waals surface area (Å²) >= 11 is 0. The van der Waals surface area contributed by atoms with E-state index in [9.17, 15) is 19.5 Å². The fourth-order valence-electron chi connectivity index (χ4n) is 9.14. The second-order valence-corrected chi connectivity index (χ2v) is 22.7. The zero-order valence-corrected chi connectivity index (χ0v) is 50.0.